The van der Waals surface area contributed by atoms with Crippen molar-refractivity contribution in [3.05, 3.63) is 17.8 Å². The molecule has 1 aliphatic heterocycles. The zero-order chi connectivity index (χ0) is 14.4. The molecule has 1 atom stereocenters. The zero-order valence-corrected chi connectivity index (χ0v) is 12.4. The fraction of sp³-hybridized carbons (Fsp3) is 0.667. The Labute approximate surface area is 120 Å². The van der Waals surface area contributed by atoms with E-state index in [4.69, 9.17) is 0 Å². The molecule has 20 heavy (non-hydrogen) atoms. The van der Waals surface area contributed by atoms with Gasteiger partial charge < -0.3 is 10.2 Å². The number of likely N-dealkylation sites (tertiary alicyclic amines) is 1. The van der Waals surface area contributed by atoms with Gasteiger partial charge in [-0.2, -0.15) is 0 Å². The molecule has 0 aliphatic carbocycles. The van der Waals surface area contributed by atoms with Gasteiger partial charge in [0, 0.05) is 19.1 Å². The van der Waals surface area contributed by atoms with Gasteiger partial charge in [-0.3, -0.25) is 4.79 Å². The Morgan fingerprint density at radius 2 is 2.15 bits per heavy atom. The predicted molar refractivity (Wildman–Crippen MR) is 79.8 cm³/mol. The van der Waals surface area contributed by atoms with E-state index >= 15 is 0 Å². The van der Waals surface area contributed by atoms with Gasteiger partial charge >= 0.3 is 0 Å². The van der Waals surface area contributed by atoms with E-state index in [-0.39, 0.29) is 5.91 Å². The van der Waals surface area contributed by atoms with Gasteiger partial charge in [-0.1, -0.05) is 19.8 Å². The lowest BCUT2D eigenvalue weighted by Gasteiger charge is -2.28. The maximum Gasteiger partial charge on any atom is 0.274 e. The Morgan fingerprint density at radius 3 is 2.80 bits per heavy atom. The standard InChI is InChI=1S/C15H24N4O/c1-3-12-8-6-5-7-11-19(12)15(20)13-9-10-14(16-4-2)18-17-13/h9-10,12H,3-8,11H2,1-2H3,(H,16,18). The van der Waals surface area contributed by atoms with E-state index in [1.165, 1.54) is 12.8 Å². The second-order valence-corrected chi connectivity index (χ2v) is 5.24. The summed E-state index contributed by atoms with van der Waals surface area (Å²) in [6.07, 6.45) is 5.63. The van der Waals surface area contributed by atoms with Crippen LogP contribution in [0, 0.1) is 0 Å². The molecule has 1 aromatic rings. The predicted octanol–water partition coefficient (Wildman–Crippen LogP) is 2.70. The van der Waals surface area contributed by atoms with Gasteiger partial charge in [0.2, 0.25) is 0 Å². The van der Waals surface area contributed by atoms with Crippen molar-refractivity contribution in [2.45, 2.75) is 52.0 Å². The molecule has 0 radical (unpaired) electrons. The molecule has 1 N–H and O–H groups in total. The van der Waals surface area contributed by atoms with Crippen LogP contribution >= 0.6 is 0 Å². The van der Waals surface area contributed by atoms with Crippen molar-refractivity contribution >= 4 is 11.7 Å². The van der Waals surface area contributed by atoms with Crippen LogP contribution in [0.15, 0.2) is 12.1 Å². The molecule has 2 heterocycles. The van der Waals surface area contributed by atoms with E-state index in [0.717, 1.165) is 32.4 Å². The molecule has 0 aromatic carbocycles. The quantitative estimate of drug-likeness (QED) is 0.918. The summed E-state index contributed by atoms with van der Waals surface area (Å²) in [4.78, 5) is 14.6. The summed E-state index contributed by atoms with van der Waals surface area (Å²) in [5.74, 6) is 0.737. The van der Waals surface area contributed by atoms with Gasteiger partial charge in [0.15, 0.2) is 5.69 Å². The fourth-order valence-corrected chi connectivity index (χ4v) is 2.74. The number of carbonyl (C=O) groups is 1. The van der Waals surface area contributed by atoms with E-state index < -0.39 is 0 Å². The molecule has 1 aliphatic rings. The minimum Gasteiger partial charge on any atom is -0.369 e. The van der Waals surface area contributed by atoms with Crippen molar-refractivity contribution in [1.82, 2.24) is 15.1 Å². The zero-order valence-electron chi connectivity index (χ0n) is 12.4. The molecule has 110 valence electrons. The van der Waals surface area contributed by atoms with Crippen LogP contribution in [0.1, 0.15) is 56.4 Å². The molecule has 0 bridgehead atoms. The number of nitrogens with one attached hydrogen (secondary N) is 1. The third kappa shape index (κ3) is 3.46. The molecule has 2 rings (SSSR count). The fourth-order valence-electron chi connectivity index (χ4n) is 2.74. The number of rotatable bonds is 4. The first-order valence-corrected chi connectivity index (χ1v) is 7.64. The van der Waals surface area contributed by atoms with Crippen molar-refractivity contribution in [2.75, 3.05) is 18.4 Å². The summed E-state index contributed by atoms with van der Waals surface area (Å²) in [5, 5.41) is 11.2. The number of aromatic nitrogens is 2. The van der Waals surface area contributed by atoms with E-state index in [1.807, 2.05) is 17.9 Å². The first kappa shape index (κ1) is 14.8. The van der Waals surface area contributed by atoms with Crippen molar-refractivity contribution < 1.29 is 4.79 Å². The van der Waals surface area contributed by atoms with E-state index in [1.54, 1.807) is 6.07 Å². The minimum atomic E-state index is 0.0225. The molecule has 5 nitrogen and oxygen atoms in total. The Kier molecular flexibility index (Phi) is 5.32. The lowest BCUT2D eigenvalue weighted by molar-refractivity contribution is 0.0671. The SMILES string of the molecule is CCNc1ccc(C(=O)N2CCCCCC2CC)nn1. The van der Waals surface area contributed by atoms with Crippen LogP contribution in [0.5, 0.6) is 0 Å². The normalized spacial score (nSPS) is 19.5. The second kappa shape index (κ2) is 7.22. The van der Waals surface area contributed by atoms with Crippen LogP contribution in [0.25, 0.3) is 0 Å². The van der Waals surface area contributed by atoms with Gasteiger partial charge in [0.05, 0.1) is 0 Å². The van der Waals surface area contributed by atoms with Gasteiger partial charge in [-0.15, -0.1) is 10.2 Å². The molecule has 5 heteroatoms. The molecular weight excluding hydrogens is 252 g/mol. The topological polar surface area (TPSA) is 58.1 Å². The number of amides is 1. The largest absolute Gasteiger partial charge is 0.369 e. The molecule has 1 saturated heterocycles. The molecule has 1 fully saturated rings. The summed E-state index contributed by atoms with van der Waals surface area (Å²) < 4.78 is 0. The maximum absolute atomic E-state index is 12.6. The first-order chi connectivity index (χ1) is 9.76. The number of hydrogen-bond acceptors (Lipinski definition) is 4. The summed E-state index contributed by atoms with van der Waals surface area (Å²) in [6.45, 7) is 5.79. The van der Waals surface area contributed by atoms with Crippen LogP contribution in [-0.2, 0) is 0 Å². The Hall–Kier alpha value is -1.65. The average Bonchev–Trinajstić information content (AvgIpc) is 2.72. The van der Waals surface area contributed by atoms with Gasteiger partial charge in [-0.25, -0.2) is 0 Å². The lowest BCUT2D eigenvalue weighted by atomic mass is 10.1. The average molecular weight is 276 g/mol. The van der Waals surface area contributed by atoms with Crippen LogP contribution < -0.4 is 5.32 Å². The molecular formula is C15H24N4O. The van der Waals surface area contributed by atoms with Crippen LogP contribution in [0.2, 0.25) is 0 Å². The maximum atomic E-state index is 12.6. The number of anilines is 1. The lowest BCUT2D eigenvalue weighted by Crippen LogP contribution is -2.40. The van der Waals surface area contributed by atoms with E-state index in [9.17, 15) is 4.79 Å². The molecule has 1 aromatic heterocycles. The monoisotopic (exact) mass is 276 g/mol. The van der Waals surface area contributed by atoms with Crippen molar-refractivity contribution in [3.8, 4) is 0 Å². The van der Waals surface area contributed by atoms with E-state index in [0.29, 0.717) is 17.6 Å². The van der Waals surface area contributed by atoms with Gasteiger partial charge in [0.25, 0.3) is 5.91 Å². The van der Waals surface area contributed by atoms with E-state index in [2.05, 4.69) is 22.4 Å². The molecule has 1 unspecified atom stereocenters. The summed E-state index contributed by atoms with van der Waals surface area (Å²) in [5.41, 5.74) is 0.451. The van der Waals surface area contributed by atoms with Crippen LogP contribution in [0.3, 0.4) is 0 Å². The third-order valence-electron chi connectivity index (χ3n) is 3.85. The Balaban J connectivity index is 2.11. The highest BCUT2D eigenvalue weighted by atomic mass is 16.2. The summed E-state index contributed by atoms with van der Waals surface area (Å²) in [6, 6.07) is 3.94. The van der Waals surface area contributed by atoms with Crippen molar-refractivity contribution in [2.24, 2.45) is 0 Å². The highest BCUT2D eigenvalue weighted by Gasteiger charge is 2.25. The first-order valence-electron chi connectivity index (χ1n) is 7.64. The van der Waals surface area contributed by atoms with Gasteiger partial charge in [-0.05, 0) is 38.3 Å². The molecule has 1 amide bonds. The number of carbonyl (C=O) groups excluding carboxylic acids is 1. The highest BCUT2D eigenvalue weighted by molar-refractivity contribution is 5.92. The minimum absolute atomic E-state index is 0.0225. The highest BCUT2D eigenvalue weighted by Crippen LogP contribution is 2.20. The molecule has 0 saturated carbocycles. The smallest absolute Gasteiger partial charge is 0.274 e. The Bertz CT molecular complexity index is 432. The third-order valence-corrected chi connectivity index (χ3v) is 3.85. The Morgan fingerprint density at radius 1 is 1.30 bits per heavy atom. The summed E-state index contributed by atoms with van der Waals surface area (Å²) in [7, 11) is 0. The number of nitrogens with zero attached hydrogens (tertiary/aromatic N) is 3. The summed E-state index contributed by atoms with van der Waals surface area (Å²) >= 11 is 0. The molecule has 0 spiro atoms. The number of hydrogen-bond donors (Lipinski definition) is 1. The van der Waals surface area contributed by atoms with Gasteiger partial charge in [0.1, 0.15) is 5.82 Å². The van der Waals surface area contributed by atoms with Crippen molar-refractivity contribution in [3.63, 3.8) is 0 Å². The van der Waals surface area contributed by atoms with Crippen molar-refractivity contribution in [1.29, 1.82) is 0 Å². The second-order valence-electron chi connectivity index (χ2n) is 5.24. The van der Waals surface area contributed by atoms with Crippen LogP contribution in [-0.4, -0.2) is 40.1 Å². The van der Waals surface area contributed by atoms with Crippen LogP contribution in [0.4, 0.5) is 5.82 Å².